The van der Waals surface area contributed by atoms with Gasteiger partial charge in [-0.1, -0.05) is 6.07 Å². The van der Waals surface area contributed by atoms with Gasteiger partial charge in [0.1, 0.15) is 26.4 Å². The van der Waals surface area contributed by atoms with E-state index in [1.807, 2.05) is 18.2 Å². The summed E-state index contributed by atoms with van der Waals surface area (Å²) in [6.07, 6.45) is 1.56. The smallest absolute Gasteiger partial charge is 0.306 e. The maximum absolute atomic E-state index is 12.8. The van der Waals surface area contributed by atoms with E-state index >= 15 is 0 Å². The van der Waals surface area contributed by atoms with Crippen molar-refractivity contribution < 1.29 is 38.1 Å². The van der Waals surface area contributed by atoms with Gasteiger partial charge in [-0.15, -0.1) is 0 Å². The van der Waals surface area contributed by atoms with Crippen LogP contribution in [0.3, 0.4) is 0 Å². The number of carbonyl (C=O) groups is 3. The molecule has 0 aliphatic carbocycles. The van der Waals surface area contributed by atoms with Crippen LogP contribution in [0.1, 0.15) is 47.6 Å². The van der Waals surface area contributed by atoms with Crippen molar-refractivity contribution in [3.05, 3.63) is 47.5 Å². The fourth-order valence-corrected chi connectivity index (χ4v) is 4.55. The topological polar surface area (TPSA) is 101 Å². The largest absolute Gasteiger partial charge is 0.486 e. The van der Waals surface area contributed by atoms with Gasteiger partial charge in [-0.3, -0.25) is 14.4 Å². The van der Waals surface area contributed by atoms with Gasteiger partial charge in [0.15, 0.2) is 35.4 Å². The number of hydrogen-bond donors (Lipinski definition) is 0. The number of carbonyl (C=O) groups excluding carboxylic acids is 3. The van der Waals surface area contributed by atoms with E-state index in [-0.39, 0.29) is 37.2 Å². The second-order valence-corrected chi connectivity index (χ2v) is 8.59. The van der Waals surface area contributed by atoms with Crippen LogP contribution in [-0.4, -0.2) is 62.1 Å². The molecule has 0 spiro atoms. The standard InChI is InChI=1S/C26H27NO8/c28-20(18-4-7-22-24(15-18)34-13-11-32-22)5-8-26(30)35-16-25(29)27-9-1-2-19(27)17-3-6-21-23(14-17)33-12-10-31-21/h3-4,6-7,14-15,19H,1-2,5,8-13,16H2/t19-/m1/s1. The third-order valence-electron chi connectivity index (χ3n) is 6.30. The Bertz CT molecular complexity index is 1130. The Hall–Kier alpha value is -3.75. The van der Waals surface area contributed by atoms with Gasteiger partial charge < -0.3 is 28.6 Å². The Balaban J connectivity index is 1.11. The maximum atomic E-state index is 12.8. The van der Waals surface area contributed by atoms with E-state index in [0.717, 1.165) is 18.4 Å². The van der Waals surface area contributed by atoms with Crippen molar-refractivity contribution >= 4 is 17.7 Å². The molecule has 1 atom stereocenters. The molecule has 0 saturated carbocycles. The van der Waals surface area contributed by atoms with Crippen LogP contribution in [-0.2, 0) is 14.3 Å². The molecule has 0 radical (unpaired) electrons. The predicted molar refractivity (Wildman–Crippen MR) is 123 cm³/mol. The summed E-state index contributed by atoms with van der Waals surface area (Å²) in [5.41, 5.74) is 1.41. The van der Waals surface area contributed by atoms with E-state index in [4.69, 9.17) is 23.7 Å². The van der Waals surface area contributed by atoms with Crippen LogP contribution in [0.15, 0.2) is 36.4 Å². The normalized spacial score (nSPS) is 18.2. The van der Waals surface area contributed by atoms with Crippen molar-refractivity contribution in [3.8, 4) is 23.0 Å². The lowest BCUT2D eigenvalue weighted by molar-refractivity contribution is -0.152. The maximum Gasteiger partial charge on any atom is 0.306 e. The molecule has 0 N–H and O–H groups in total. The minimum absolute atomic E-state index is 0.0177. The summed E-state index contributed by atoms with van der Waals surface area (Å²) in [4.78, 5) is 39.3. The number of fused-ring (bicyclic) bond motifs is 2. The molecule has 0 bridgehead atoms. The molecular formula is C26H27NO8. The van der Waals surface area contributed by atoms with Crippen LogP contribution in [0.5, 0.6) is 23.0 Å². The second-order valence-electron chi connectivity index (χ2n) is 8.59. The number of hydrogen-bond acceptors (Lipinski definition) is 8. The first-order valence-electron chi connectivity index (χ1n) is 11.9. The van der Waals surface area contributed by atoms with Gasteiger partial charge in [-0.2, -0.15) is 0 Å². The van der Waals surface area contributed by atoms with Gasteiger partial charge in [0, 0.05) is 18.5 Å². The summed E-state index contributed by atoms with van der Waals surface area (Å²) in [5.74, 6) is 1.46. The van der Waals surface area contributed by atoms with E-state index in [1.54, 1.807) is 23.1 Å². The molecule has 2 aromatic carbocycles. The monoisotopic (exact) mass is 481 g/mol. The van der Waals surface area contributed by atoms with Gasteiger partial charge in [-0.25, -0.2) is 0 Å². The minimum Gasteiger partial charge on any atom is -0.486 e. The molecule has 1 saturated heterocycles. The zero-order valence-corrected chi connectivity index (χ0v) is 19.3. The molecule has 0 aromatic heterocycles. The van der Waals surface area contributed by atoms with E-state index < -0.39 is 5.97 Å². The fraction of sp³-hybridized carbons (Fsp3) is 0.423. The van der Waals surface area contributed by atoms with E-state index in [9.17, 15) is 14.4 Å². The van der Waals surface area contributed by atoms with Crippen LogP contribution in [0.2, 0.25) is 0 Å². The third-order valence-corrected chi connectivity index (χ3v) is 6.30. The highest BCUT2D eigenvalue weighted by Gasteiger charge is 2.31. The average Bonchev–Trinajstić information content (AvgIpc) is 3.40. The Morgan fingerprint density at radius 2 is 1.49 bits per heavy atom. The number of likely N-dealkylation sites (tertiary alicyclic amines) is 1. The van der Waals surface area contributed by atoms with Gasteiger partial charge in [-0.05, 0) is 48.7 Å². The van der Waals surface area contributed by atoms with Crippen molar-refractivity contribution in [3.63, 3.8) is 0 Å². The molecular weight excluding hydrogens is 454 g/mol. The molecule has 184 valence electrons. The van der Waals surface area contributed by atoms with Gasteiger partial charge in [0.05, 0.1) is 12.5 Å². The number of amides is 1. The van der Waals surface area contributed by atoms with E-state index in [2.05, 4.69) is 0 Å². The Labute approximate surface area is 202 Å². The van der Waals surface area contributed by atoms with Crippen molar-refractivity contribution in [1.82, 2.24) is 4.90 Å². The first kappa shape index (κ1) is 23.0. The molecule has 0 unspecified atom stereocenters. The van der Waals surface area contributed by atoms with Gasteiger partial charge in [0.2, 0.25) is 0 Å². The number of ketones is 1. The first-order chi connectivity index (χ1) is 17.1. The summed E-state index contributed by atoms with van der Waals surface area (Å²) in [6, 6.07) is 10.6. The quantitative estimate of drug-likeness (QED) is 0.439. The predicted octanol–water partition coefficient (Wildman–Crippen LogP) is 3.10. The summed E-state index contributed by atoms with van der Waals surface area (Å²) in [7, 11) is 0. The molecule has 3 heterocycles. The molecule has 9 nitrogen and oxygen atoms in total. The van der Waals surface area contributed by atoms with Gasteiger partial charge in [0.25, 0.3) is 5.91 Å². The van der Waals surface area contributed by atoms with Crippen molar-refractivity contribution in [2.24, 2.45) is 0 Å². The molecule has 2 aromatic rings. The lowest BCUT2D eigenvalue weighted by Crippen LogP contribution is -2.34. The molecule has 3 aliphatic rings. The number of nitrogens with zero attached hydrogens (tertiary/aromatic N) is 1. The number of esters is 1. The highest BCUT2D eigenvalue weighted by Crippen LogP contribution is 2.38. The van der Waals surface area contributed by atoms with Crippen LogP contribution in [0.4, 0.5) is 0 Å². The van der Waals surface area contributed by atoms with E-state index in [1.165, 1.54) is 0 Å². The zero-order valence-electron chi connectivity index (χ0n) is 19.3. The molecule has 3 aliphatic heterocycles. The molecule has 1 amide bonds. The van der Waals surface area contributed by atoms with Crippen molar-refractivity contribution in [1.29, 1.82) is 0 Å². The Morgan fingerprint density at radius 3 is 2.23 bits per heavy atom. The van der Waals surface area contributed by atoms with Crippen LogP contribution in [0.25, 0.3) is 0 Å². The Kier molecular flexibility index (Phi) is 6.74. The highest BCUT2D eigenvalue weighted by atomic mass is 16.6. The second kappa shape index (κ2) is 10.2. The zero-order chi connectivity index (χ0) is 24.2. The Morgan fingerprint density at radius 1 is 0.829 bits per heavy atom. The third kappa shape index (κ3) is 5.18. The number of Topliss-reactive ketones (excluding diaryl/α,β-unsaturated/α-hetero) is 1. The fourth-order valence-electron chi connectivity index (χ4n) is 4.55. The van der Waals surface area contributed by atoms with Crippen LogP contribution < -0.4 is 18.9 Å². The number of rotatable bonds is 7. The van der Waals surface area contributed by atoms with Crippen LogP contribution in [0, 0.1) is 0 Å². The lowest BCUT2D eigenvalue weighted by atomic mass is 10.0. The van der Waals surface area contributed by atoms with Crippen molar-refractivity contribution in [2.75, 3.05) is 39.6 Å². The summed E-state index contributed by atoms with van der Waals surface area (Å²) in [5, 5.41) is 0. The van der Waals surface area contributed by atoms with E-state index in [0.29, 0.717) is 61.5 Å². The summed E-state index contributed by atoms with van der Waals surface area (Å²) < 4.78 is 27.4. The summed E-state index contributed by atoms with van der Waals surface area (Å²) in [6.45, 7) is 2.17. The minimum atomic E-state index is -0.584. The lowest BCUT2D eigenvalue weighted by Gasteiger charge is -2.26. The molecule has 35 heavy (non-hydrogen) atoms. The first-order valence-corrected chi connectivity index (χ1v) is 11.9. The number of ether oxygens (including phenoxy) is 5. The molecule has 1 fully saturated rings. The molecule has 9 heteroatoms. The highest BCUT2D eigenvalue weighted by molar-refractivity contribution is 5.98. The molecule has 5 rings (SSSR count). The van der Waals surface area contributed by atoms with Crippen LogP contribution >= 0.6 is 0 Å². The SMILES string of the molecule is O=C(CCC(=O)c1ccc2c(c1)OCCO2)OCC(=O)N1CCC[C@@H]1c1ccc2c(c1)OCCO2. The van der Waals surface area contributed by atoms with Gasteiger partial charge >= 0.3 is 5.97 Å². The average molecular weight is 482 g/mol. The summed E-state index contributed by atoms with van der Waals surface area (Å²) >= 11 is 0. The van der Waals surface area contributed by atoms with Crippen molar-refractivity contribution in [2.45, 2.75) is 31.7 Å². The number of benzene rings is 2.